The zero-order valence-corrected chi connectivity index (χ0v) is 12.7. The molecule has 0 bridgehead atoms. The minimum Gasteiger partial charge on any atom is -0.318 e. The van der Waals surface area contributed by atoms with Crippen molar-refractivity contribution in [3.63, 3.8) is 0 Å². The van der Waals surface area contributed by atoms with Crippen molar-refractivity contribution in [3.8, 4) is 0 Å². The molecule has 0 spiro atoms. The summed E-state index contributed by atoms with van der Waals surface area (Å²) >= 11 is 0. The van der Waals surface area contributed by atoms with Crippen LogP contribution in [0.15, 0.2) is 0 Å². The van der Waals surface area contributed by atoms with Crippen LogP contribution in [0, 0.1) is 16.7 Å². The molecule has 0 unspecified atom stereocenters. The Morgan fingerprint density at radius 2 is 1.07 bits per heavy atom. The van der Waals surface area contributed by atoms with Gasteiger partial charge in [0.15, 0.2) is 0 Å². The van der Waals surface area contributed by atoms with Gasteiger partial charge in [0.2, 0.25) is 0 Å². The molecule has 15 heavy (non-hydrogen) atoms. The van der Waals surface area contributed by atoms with E-state index in [-0.39, 0.29) is 0 Å². The van der Waals surface area contributed by atoms with Gasteiger partial charge in [0.1, 0.15) is 0 Å². The van der Waals surface area contributed by atoms with Crippen molar-refractivity contribution in [1.29, 1.82) is 0 Å². The molecule has 0 aromatic heterocycles. The van der Waals surface area contributed by atoms with Gasteiger partial charge in [-0.25, -0.2) is 0 Å². The minimum atomic E-state index is 0.418. The summed E-state index contributed by atoms with van der Waals surface area (Å²) in [5.74, 6) is 0.757. The Hall–Kier alpha value is -0.0400. The third kappa shape index (κ3) is 6.94. The Morgan fingerprint density at radius 1 is 0.800 bits per heavy atom. The third-order valence-electron chi connectivity index (χ3n) is 3.95. The first-order valence-electron chi connectivity index (χ1n) is 6.14. The molecule has 0 aliphatic carbocycles. The fourth-order valence-corrected chi connectivity index (χ4v) is 0.866. The highest BCUT2D eigenvalue weighted by Crippen LogP contribution is 2.43. The molecule has 0 rings (SSSR count). The highest BCUT2D eigenvalue weighted by Gasteiger charge is 2.35. The number of rotatable bonds is 2. The summed E-state index contributed by atoms with van der Waals surface area (Å²) in [4.78, 5) is 0. The van der Waals surface area contributed by atoms with Crippen molar-refractivity contribution in [2.24, 2.45) is 16.7 Å². The minimum absolute atomic E-state index is 0.418. The number of hydrogen-bond acceptors (Lipinski definition) is 1. The summed E-state index contributed by atoms with van der Waals surface area (Å²) in [6.45, 7) is 20.4. The Labute approximate surface area is 98.0 Å². The average Bonchev–Trinajstić information content (AvgIpc) is 2.03. The predicted molar refractivity (Wildman–Crippen MR) is 72.3 cm³/mol. The maximum Gasteiger partial charge on any atom is 0.000733 e. The van der Waals surface area contributed by atoms with E-state index in [2.05, 4.69) is 67.6 Å². The van der Waals surface area contributed by atoms with Crippen molar-refractivity contribution in [2.75, 3.05) is 7.05 Å². The van der Waals surface area contributed by atoms with Gasteiger partial charge < -0.3 is 5.32 Å². The fraction of sp³-hybridized carbons (Fsp3) is 1.00. The van der Waals surface area contributed by atoms with Crippen LogP contribution >= 0.6 is 0 Å². The van der Waals surface area contributed by atoms with Gasteiger partial charge >= 0.3 is 0 Å². The van der Waals surface area contributed by atoms with E-state index >= 15 is 0 Å². The molecule has 0 saturated heterocycles. The summed E-state index contributed by atoms with van der Waals surface area (Å²) in [5.41, 5.74) is 0.855. The van der Waals surface area contributed by atoms with E-state index in [0.717, 1.165) is 5.92 Å². The van der Waals surface area contributed by atoms with Gasteiger partial charge in [0.05, 0.1) is 0 Å². The second-order valence-electron chi connectivity index (χ2n) is 6.57. The maximum absolute atomic E-state index is 3.03. The lowest BCUT2D eigenvalue weighted by atomic mass is 9.63. The molecule has 0 saturated carbocycles. The first-order valence-corrected chi connectivity index (χ1v) is 6.14. The van der Waals surface area contributed by atoms with Crippen LogP contribution in [0.2, 0.25) is 0 Å². The maximum atomic E-state index is 3.03. The van der Waals surface area contributed by atoms with E-state index in [9.17, 15) is 0 Å². The second-order valence-corrected chi connectivity index (χ2v) is 6.57. The van der Waals surface area contributed by atoms with Crippen LogP contribution in [0.1, 0.15) is 62.3 Å². The molecule has 0 amide bonds. The van der Waals surface area contributed by atoms with Gasteiger partial charge in [0.25, 0.3) is 0 Å². The van der Waals surface area contributed by atoms with Crippen LogP contribution in [0.5, 0.6) is 0 Å². The van der Waals surface area contributed by atoms with Crippen LogP contribution in [0.3, 0.4) is 0 Å². The standard InChI is InChI=1S/C10H22.C4H11N/c1-8(2)10(6,7)9(3,4)5;1-4(2)5-3/h8H,1-7H3;4-5H,1-3H3. The van der Waals surface area contributed by atoms with E-state index < -0.39 is 0 Å². The zero-order valence-electron chi connectivity index (χ0n) is 12.7. The van der Waals surface area contributed by atoms with Crippen LogP contribution in [-0.4, -0.2) is 13.1 Å². The summed E-state index contributed by atoms with van der Waals surface area (Å²) in [6, 6.07) is 0.634. The molecule has 0 aromatic carbocycles. The lowest BCUT2D eigenvalue weighted by Crippen LogP contribution is -2.34. The summed E-state index contributed by atoms with van der Waals surface area (Å²) in [6.07, 6.45) is 0. The quantitative estimate of drug-likeness (QED) is 0.723. The van der Waals surface area contributed by atoms with Crippen molar-refractivity contribution in [2.45, 2.75) is 68.4 Å². The summed E-state index contributed by atoms with van der Waals surface area (Å²) in [5, 5.41) is 3.03. The van der Waals surface area contributed by atoms with Gasteiger partial charge in [0, 0.05) is 6.04 Å². The second kappa shape index (κ2) is 6.52. The Morgan fingerprint density at radius 3 is 1.07 bits per heavy atom. The summed E-state index contributed by atoms with van der Waals surface area (Å²) in [7, 11) is 1.95. The first-order chi connectivity index (χ1) is 6.46. The van der Waals surface area contributed by atoms with Crippen molar-refractivity contribution in [1.82, 2.24) is 5.32 Å². The first kappa shape index (κ1) is 17.4. The molecule has 0 aliphatic rings. The zero-order chi connectivity index (χ0) is 12.9. The molecular weight excluding hydrogens is 182 g/mol. The molecule has 0 aromatic rings. The normalized spacial score (nSPS) is 12.8. The van der Waals surface area contributed by atoms with Gasteiger partial charge in [-0.2, -0.15) is 0 Å². The molecule has 1 heteroatoms. The molecule has 0 radical (unpaired) electrons. The van der Waals surface area contributed by atoms with E-state index in [4.69, 9.17) is 0 Å². The van der Waals surface area contributed by atoms with Gasteiger partial charge in [-0.3, -0.25) is 0 Å². The smallest absolute Gasteiger partial charge is 0.000733 e. The van der Waals surface area contributed by atoms with Crippen LogP contribution in [-0.2, 0) is 0 Å². The molecule has 0 heterocycles. The van der Waals surface area contributed by atoms with Gasteiger partial charge in [-0.1, -0.05) is 62.3 Å². The van der Waals surface area contributed by atoms with E-state index in [1.165, 1.54) is 0 Å². The van der Waals surface area contributed by atoms with Crippen molar-refractivity contribution in [3.05, 3.63) is 0 Å². The number of nitrogens with one attached hydrogen (secondary N) is 1. The Bertz CT molecular complexity index is 149. The lowest BCUT2D eigenvalue weighted by Gasteiger charge is -2.42. The molecule has 1 N–H and O–H groups in total. The topological polar surface area (TPSA) is 12.0 Å². The van der Waals surface area contributed by atoms with Crippen molar-refractivity contribution < 1.29 is 0 Å². The highest BCUT2D eigenvalue weighted by atomic mass is 14.8. The molecule has 0 fully saturated rings. The molecule has 1 nitrogen and oxygen atoms in total. The predicted octanol–water partition coefficient (Wildman–Crippen LogP) is 4.33. The van der Waals surface area contributed by atoms with E-state index in [0.29, 0.717) is 16.9 Å². The van der Waals surface area contributed by atoms with Gasteiger partial charge in [-0.05, 0) is 23.8 Å². The van der Waals surface area contributed by atoms with E-state index in [1.54, 1.807) is 0 Å². The lowest BCUT2D eigenvalue weighted by molar-refractivity contribution is 0.0737. The molecular formula is C14H33N. The average molecular weight is 215 g/mol. The van der Waals surface area contributed by atoms with E-state index in [1.807, 2.05) is 7.05 Å². The monoisotopic (exact) mass is 215 g/mol. The Kier molecular flexibility index (Phi) is 7.55. The van der Waals surface area contributed by atoms with Crippen LogP contribution in [0.25, 0.3) is 0 Å². The molecule has 0 aliphatic heterocycles. The molecule has 0 atom stereocenters. The highest BCUT2D eigenvalue weighted by molar-refractivity contribution is 4.84. The van der Waals surface area contributed by atoms with Crippen LogP contribution in [0.4, 0.5) is 0 Å². The Balaban J connectivity index is 0. The summed E-state index contributed by atoms with van der Waals surface area (Å²) < 4.78 is 0. The third-order valence-corrected chi connectivity index (χ3v) is 3.95. The van der Waals surface area contributed by atoms with Crippen molar-refractivity contribution >= 4 is 0 Å². The largest absolute Gasteiger partial charge is 0.318 e. The fourth-order valence-electron chi connectivity index (χ4n) is 0.866. The van der Waals surface area contributed by atoms with Gasteiger partial charge in [-0.15, -0.1) is 0 Å². The van der Waals surface area contributed by atoms with Crippen LogP contribution < -0.4 is 5.32 Å². The number of hydrogen-bond donors (Lipinski definition) is 1. The molecule has 94 valence electrons. The SMILES string of the molecule is CC(C)C(C)(C)C(C)(C)C.CNC(C)C.